The van der Waals surface area contributed by atoms with Crippen molar-refractivity contribution in [2.75, 3.05) is 0 Å². The van der Waals surface area contributed by atoms with E-state index in [0.717, 1.165) is 25.7 Å². The highest BCUT2D eigenvalue weighted by Crippen LogP contribution is 2.52. The minimum Gasteiger partial charge on any atom is -0.390 e. The molecule has 3 nitrogen and oxygen atoms in total. The van der Waals surface area contributed by atoms with Crippen molar-refractivity contribution in [2.24, 2.45) is 11.8 Å². The standard InChI is InChI=1S/C15H26O3/c1-9(2)10-5-7-14(3)11(17-14)6-8-15(4)13(18-15)12(10)16/h9-13,16H,5-8H2,1-4H3/t10-,11+,12+,13-,14-,15-/m0/s1. The quantitative estimate of drug-likeness (QED) is 0.731. The van der Waals surface area contributed by atoms with E-state index in [4.69, 9.17) is 9.47 Å². The first-order chi connectivity index (χ1) is 8.36. The first-order valence-electron chi connectivity index (χ1n) is 7.39. The average molecular weight is 254 g/mol. The normalized spacial score (nSPS) is 55.7. The van der Waals surface area contributed by atoms with Gasteiger partial charge in [0.15, 0.2) is 0 Å². The van der Waals surface area contributed by atoms with Crippen molar-refractivity contribution < 1.29 is 14.6 Å². The zero-order valence-electron chi connectivity index (χ0n) is 12.0. The highest BCUT2D eigenvalue weighted by Gasteiger charge is 2.61. The molecule has 2 heterocycles. The van der Waals surface area contributed by atoms with Gasteiger partial charge in [0, 0.05) is 0 Å². The number of fused-ring (bicyclic) bond motifs is 2. The summed E-state index contributed by atoms with van der Waals surface area (Å²) >= 11 is 0. The van der Waals surface area contributed by atoms with Crippen LogP contribution in [0.25, 0.3) is 0 Å². The fraction of sp³-hybridized carbons (Fsp3) is 1.00. The lowest BCUT2D eigenvalue weighted by Gasteiger charge is -2.27. The first-order valence-corrected chi connectivity index (χ1v) is 7.39. The van der Waals surface area contributed by atoms with Gasteiger partial charge in [-0.1, -0.05) is 13.8 Å². The molecule has 1 aliphatic carbocycles. The molecular weight excluding hydrogens is 228 g/mol. The van der Waals surface area contributed by atoms with Crippen LogP contribution in [0.15, 0.2) is 0 Å². The number of hydrogen-bond donors (Lipinski definition) is 1. The van der Waals surface area contributed by atoms with Gasteiger partial charge in [0.2, 0.25) is 0 Å². The van der Waals surface area contributed by atoms with Crippen molar-refractivity contribution >= 4 is 0 Å². The van der Waals surface area contributed by atoms with Crippen molar-refractivity contribution in [3.63, 3.8) is 0 Å². The molecule has 6 atom stereocenters. The Bertz CT molecular complexity index is 343. The van der Waals surface area contributed by atoms with Crippen LogP contribution in [0.1, 0.15) is 53.4 Å². The molecule has 3 heteroatoms. The third kappa shape index (κ3) is 2.00. The summed E-state index contributed by atoms with van der Waals surface area (Å²) in [5.41, 5.74) is -0.0261. The Morgan fingerprint density at radius 2 is 1.72 bits per heavy atom. The zero-order chi connectivity index (χ0) is 13.1. The number of ether oxygens (including phenoxy) is 2. The van der Waals surface area contributed by atoms with Crippen LogP contribution in [-0.4, -0.2) is 34.6 Å². The van der Waals surface area contributed by atoms with Crippen LogP contribution in [-0.2, 0) is 9.47 Å². The van der Waals surface area contributed by atoms with Crippen LogP contribution < -0.4 is 0 Å². The highest BCUT2D eigenvalue weighted by atomic mass is 16.6. The number of rotatable bonds is 1. The van der Waals surface area contributed by atoms with Gasteiger partial charge in [-0.3, -0.25) is 0 Å². The van der Waals surface area contributed by atoms with Gasteiger partial charge >= 0.3 is 0 Å². The summed E-state index contributed by atoms with van der Waals surface area (Å²) in [6.45, 7) is 8.76. The minimum atomic E-state index is -0.311. The predicted molar refractivity (Wildman–Crippen MR) is 69.4 cm³/mol. The second-order valence-electron chi connectivity index (χ2n) is 7.25. The lowest BCUT2D eigenvalue weighted by Crippen LogP contribution is -2.35. The molecule has 104 valence electrons. The summed E-state index contributed by atoms with van der Waals surface area (Å²) in [6, 6.07) is 0. The third-order valence-corrected chi connectivity index (χ3v) is 5.46. The number of aliphatic hydroxyl groups is 1. The van der Waals surface area contributed by atoms with E-state index in [1.807, 2.05) is 0 Å². The molecular formula is C15H26O3. The molecule has 18 heavy (non-hydrogen) atoms. The van der Waals surface area contributed by atoms with Crippen molar-refractivity contribution in [3.8, 4) is 0 Å². The molecule has 3 aliphatic rings. The van der Waals surface area contributed by atoms with Gasteiger partial charge in [0.1, 0.15) is 6.10 Å². The zero-order valence-corrected chi connectivity index (χ0v) is 12.0. The van der Waals surface area contributed by atoms with Gasteiger partial charge in [0.25, 0.3) is 0 Å². The maximum Gasteiger partial charge on any atom is 0.113 e. The second-order valence-corrected chi connectivity index (χ2v) is 7.25. The smallest absolute Gasteiger partial charge is 0.113 e. The van der Waals surface area contributed by atoms with E-state index in [9.17, 15) is 5.11 Å². The molecule has 1 saturated carbocycles. The van der Waals surface area contributed by atoms with E-state index in [1.165, 1.54) is 0 Å². The van der Waals surface area contributed by atoms with Gasteiger partial charge in [-0.2, -0.15) is 0 Å². The molecule has 2 saturated heterocycles. The average Bonchev–Trinajstić information content (AvgIpc) is 3.12. The Labute approximate surface area is 110 Å². The van der Waals surface area contributed by atoms with Crippen molar-refractivity contribution in [3.05, 3.63) is 0 Å². The predicted octanol–water partition coefficient (Wildman–Crippen LogP) is 2.51. The molecule has 3 fully saturated rings. The van der Waals surface area contributed by atoms with Crippen LogP contribution >= 0.6 is 0 Å². The molecule has 0 aromatic rings. The summed E-state index contributed by atoms with van der Waals surface area (Å²) in [4.78, 5) is 0. The first kappa shape index (κ1) is 12.9. The maximum atomic E-state index is 10.6. The number of aliphatic hydroxyl groups excluding tert-OH is 1. The number of hydrogen-bond acceptors (Lipinski definition) is 3. The summed E-state index contributed by atoms with van der Waals surface area (Å²) in [6.07, 6.45) is 4.36. The summed E-state index contributed by atoms with van der Waals surface area (Å²) in [5.74, 6) is 0.824. The van der Waals surface area contributed by atoms with Gasteiger partial charge < -0.3 is 14.6 Å². The second kappa shape index (κ2) is 3.94. The van der Waals surface area contributed by atoms with E-state index in [1.54, 1.807) is 0 Å². The van der Waals surface area contributed by atoms with Gasteiger partial charge in [0.05, 0.1) is 23.4 Å². The van der Waals surface area contributed by atoms with Crippen molar-refractivity contribution in [1.82, 2.24) is 0 Å². The van der Waals surface area contributed by atoms with E-state index in [-0.39, 0.29) is 23.4 Å². The van der Waals surface area contributed by atoms with Crippen LogP contribution in [0, 0.1) is 11.8 Å². The molecule has 0 amide bonds. The summed E-state index contributed by atoms with van der Waals surface area (Å²) < 4.78 is 11.7. The van der Waals surface area contributed by atoms with Crippen LogP contribution in [0.3, 0.4) is 0 Å². The molecule has 1 N–H and O–H groups in total. The Kier molecular flexibility index (Phi) is 2.82. The molecule has 3 rings (SSSR count). The summed E-state index contributed by atoms with van der Waals surface area (Å²) in [7, 11) is 0. The molecule has 0 bridgehead atoms. The van der Waals surface area contributed by atoms with Gasteiger partial charge in [-0.25, -0.2) is 0 Å². The molecule has 0 aromatic heterocycles. The van der Waals surface area contributed by atoms with E-state index in [0.29, 0.717) is 17.9 Å². The Morgan fingerprint density at radius 3 is 2.39 bits per heavy atom. The van der Waals surface area contributed by atoms with Crippen LogP contribution in [0.5, 0.6) is 0 Å². The van der Waals surface area contributed by atoms with Gasteiger partial charge in [-0.05, 0) is 51.4 Å². The fourth-order valence-corrected chi connectivity index (χ4v) is 3.76. The molecule has 0 aromatic carbocycles. The van der Waals surface area contributed by atoms with Crippen molar-refractivity contribution in [1.29, 1.82) is 0 Å². The van der Waals surface area contributed by atoms with Crippen LogP contribution in [0.2, 0.25) is 0 Å². The Hall–Kier alpha value is -0.120. The maximum absolute atomic E-state index is 10.6. The SMILES string of the molecule is CC(C)[C@@H]1CC[C@]2(C)O[C@@H]2CC[C@]2(C)O[C@H]2[C@@H]1O. The Balaban J connectivity index is 1.77. The summed E-state index contributed by atoms with van der Waals surface area (Å²) in [5, 5.41) is 10.6. The Morgan fingerprint density at radius 1 is 1.06 bits per heavy atom. The molecule has 2 aliphatic heterocycles. The molecule has 0 radical (unpaired) electrons. The molecule has 0 unspecified atom stereocenters. The largest absolute Gasteiger partial charge is 0.390 e. The van der Waals surface area contributed by atoms with Gasteiger partial charge in [-0.15, -0.1) is 0 Å². The van der Waals surface area contributed by atoms with Crippen molar-refractivity contribution in [2.45, 2.75) is 82.9 Å². The van der Waals surface area contributed by atoms with E-state index >= 15 is 0 Å². The fourth-order valence-electron chi connectivity index (χ4n) is 3.76. The number of epoxide rings is 2. The minimum absolute atomic E-state index is 0.0491. The van der Waals surface area contributed by atoms with E-state index in [2.05, 4.69) is 27.7 Å². The molecule has 0 spiro atoms. The monoisotopic (exact) mass is 254 g/mol. The van der Waals surface area contributed by atoms with Crippen LogP contribution in [0.4, 0.5) is 0 Å². The highest BCUT2D eigenvalue weighted by molar-refractivity contribution is 5.09. The lowest BCUT2D eigenvalue weighted by atomic mass is 9.78. The third-order valence-electron chi connectivity index (χ3n) is 5.46. The van der Waals surface area contributed by atoms with E-state index < -0.39 is 0 Å². The topological polar surface area (TPSA) is 45.3 Å². The lowest BCUT2D eigenvalue weighted by molar-refractivity contribution is 0.0461.